The number of aryl methyl sites for hydroxylation is 1. The zero-order valence-electron chi connectivity index (χ0n) is 13.0. The molecule has 7 heteroatoms. The number of hydrogen-bond donors (Lipinski definition) is 0. The summed E-state index contributed by atoms with van der Waals surface area (Å²) >= 11 is 0. The van der Waals surface area contributed by atoms with Gasteiger partial charge in [0.1, 0.15) is 11.2 Å². The van der Waals surface area contributed by atoms with Crippen molar-refractivity contribution in [2.24, 2.45) is 0 Å². The number of benzene rings is 2. The Morgan fingerprint density at radius 1 is 1.00 bits per heavy atom. The average molecular weight is 350 g/mol. The molecule has 0 amide bonds. The van der Waals surface area contributed by atoms with E-state index in [9.17, 15) is 17.6 Å². The predicted octanol–water partition coefficient (Wildman–Crippen LogP) is 3.46. The maximum absolute atomic E-state index is 14.0. The fraction of sp³-hybridized carbons (Fsp3) is 0.118. The van der Waals surface area contributed by atoms with Crippen LogP contribution in [0, 0.1) is 6.92 Å². The molecule has 0 spiro atoms. The minimum atomic E-state index is -4.10. The number of carbonyl (C=O) groups is 1. The van der Waals surface area contributed by atoms with Crippen molar-refractivity contribution in [3.05, 3.63) is 71.5 Å². The first kappa shape index (κ1) is 17.7. The molecule has 5 nitrogen and oxygen atoms in total. The van der Waals surface area contributed by atoms with Crippen molar-refractivity contribution in [2.45, 2.75) is 11.8 Å². The molecule has 0 heterocycles. The maximum Gasteiger partial charge on any atom is 0.338 e. The second kappa shape index (κ2) is 7.27. The van der Waals surface area contributed by atoms with E-state index in [1.54, 1.807) is 12.1 Å². The van der Waals surface area contributed by atoms with E-state index >= 15 is 0 Å². The molecule has 0 bridgehead atoms. The van der Waals surface area contributed by atoms with Crippen LogP contribution in [0.5, 0.6) is 0 Å². The predicted molar refractivity (Wildman–Crippen MR) is 86.3 cm³/mol. The number of carbonyl (C=O) groups excluding carboxylic acids is 1. The van der Waals surface area contributed by atoms with Crippen molar-refractivity contribution in [3.8, 4) is 0 Å². The highest BCUT2D eigenvalue weighted by Gasteiger charge is 2.15. The number of rotatable bonds is 5. The Labute approximate surface area is 139 Å². The molecule has 0 saturated carbocycles. The van der Waals surface area contributed by atoms with E-state index in [1.807, 2.05) is 6.92 Å². The third-order valence-electron chi connectivity index (χ3n) is 3.17. The first-order valence-electron chi connectivity index (χ1n) is 6.88. The van der Waals surface area contributed by atoms with Crippen LogP contribution in [-0.4, -0.2) is 21.5 Å². The van der Waals surface area contributed by atoms with E-state index < -0.39 is 21.9 Å². The summed E-state index contributed by atoms with van der Waals surface area (Å²) in [5.41, 5.74) is 1.21. The molecule has 0 aliphatic heterocycles. The molecule has 0 N–H and O–H groups in total. The topological polar surface area (TPSA) is 69.7 Å². The molecule has 126 valence electrons. The van der Waals surface area contributed by atoms with Gasteiger partial charge < -0.3 is 8.92 Å². The summed E-state index contributed by atoms with van der Waals surface area (Å²) in [7, 11) is -2.86. The van der Waals surface area contributed by atoms with Gasteiger partial charge in [0.05, 0.1) is 12.7 Å². The van der Waals surface area contributed by atoms with Gasteiger partial charge in [-0.15, -0.1) is 0 Å². The molecule has 0 unspecified atom stereocenters. The van der Waals surface area contributed by atoms with Gasteiger partial charge >= 0.3 is 16.1 Å². The summed E-state index contributed by atoms with van der Waals surface area (Å²) in [5.74, 6) is -1.44. The van der Waals surface area contributed by atoms with Crippen LogP contribution < -0.4 is 0 Å². The fourth-order valence-corrected chi connectivity index (χ4v) is 2.61. The van der Waals surface area contributed by atoms with Gasteiger partial charge in [-0.3, -0.25) is 0 Å². The zero-order chi connectivity index (χ0) is 17.7. The van der Waals surface area contributed by atoms with Crippen molar-refractivity contribution in [2.75, 3.05) is 7.11 Å². The second-order valence-electron chi connectivity index (χ2n) is 4.90. The quantitative estimate of drug-likeness (QED) is 0.469. The minimum Gasteiger partial charge on any atom is -0.465 e. The van der Waals surface area contributed by atoms with Gasteiger partial charge in [0.2, 0.25) is 0 Å². The number of halogens is 1. The summed E-state index contributed by atoms with van der Waals surface area (Å²) in [6, 6.07) is 11.3. The van der Waals surface area contributed by atoms with E-state index in [1.165, 1.54) is 43.5 Å². The number of ether oxygens (including phenoxy) is 1. The Kier molecular flexibility index (Phi) is 5.35. The monoisotopic (exact) mass is 350 g/mol. The molecular weight excluding hydrogens is 335 g/mol. The van der Waals surface area contributed by atoms with Crippen molar-refractivity contribution in [1.29, 1.82) is 0 Å². The molecule has 2 aromatic carbocycles. The lowest BCUT2D eigenvalue weighted by molar-refractivity contribution is 0.0600. The van der Waals surface area contributed by atoms with E-state index in [0.29, 0.717) is 6.26 Å². The summed E-state index contributed by atoms with van der Waals surface area (Å²) in [6.45, 7) is 1.81. The molecule has 0 aromatic heterocycles. The Morgan fingerprint density at radius 3 is 2.08 bits per heavy atom. The van der Waals surface area contributed by atoms with Crippen LogP contribution in [-0.2, 0) is 19.0 Å². The van der Waals surface area contributed by atoms with Crippen LogP contribution in [0.4, 0.5) is 4.39 Å². The Bertz CT molecular complexity index is 853. The summed E-state index contributed by atoms with van der Waals surface area (Å²) in [5, 5.41) is 0. The highest BCUT2D eigenvalue weighted by molar-refractivity contribution is 7.86. The highest BCUT2D eigenvalue weighted by Crippen LogP contribution is 2.20. The van der Waals surface area contributed by atoms with Gasteiger partial charge in [-0.25, -0.2) is 9.18 Å². The molecule has 2 aromatic rings. The fourth-order valence-electron chi connectivity index (χ4n) is 1.82. The third kappa shape index (κ3) is 4.20. The Morgan fingerprint density at radius 2 is 1.54 bits per heavy atom. The average Bonchev–Trinajstić information content (AvgIpc) is 2.59. The summed E-state index contributed by atoms with van der Waals surface area (Å²) in [6.07, 6.45) is 0.516. The third-order valence-corrected chi connectivity index (χ3v) is 4.37. The second-order valence-corrected chi connectivity index (χ2v) is 6.47. The standard InChI is InChI=1S/C17H15FO5S/c1-12-3-9-15(10-4-12)24(20,21)23-11-16(18)13-5-7-14(8-6-13)17(19)22-2/h3-11H,1-2H3/b16-11-. The maximum atomic E-state index is 14.0. The first-order chi connectivity index (χ1) is 11.3. The van der Waals surface area contributed by atoms with Crippen LogP contribution in [0.15, 0.2) is 59.7 Å². The minimum absolute atomic E-state index is 0.0711. The van der Waals surface area contributed by atoms with Gasteiger partial charge in [-0.1, -0.05) is 29.8 Å². The molecule has 0 aliphatic carbocycles. The van der Waals surface area contributed by atoms with Gasteiger partial charge in [0.15, 0.2) is 5.83 Å². The largest absolute Gasteiger partial charge is 0.465 e. The number of hydrogen-bond acceptors (Lipinski definition) is 5. The van der Waals surface area contributed by atoms with Crippen LogP contribution in [0.25, 0.3) is 5.83 Å². The number of methoxy groups -OCH3 is 1. The summed E-state index contributed by atoms with van der Waals surface area (Å²) < 4.78 is 47.1. The van der Waals surface area contributed by atoms with Crippen LogP contribution in [0.1, 0.15) is 21.5 Å². The molecule has 0 atom stereocenters. The van der Waals surface area contributed by atoms with E-state index in [0.717, 1.165) is 5.56 Å². The highest BCUT2D eigenvalue weighted by atomic mass is 32.2. The first-order valence-corrected chi connectivity index (χ1v) is 8.28. The van der Waals surface area contributed by atoms with Crippen LogP contribution in [0.2, 0.25) is 0 Å². The van der Waals surface area contributed by atoms with Gasteiger partial charge in [-0.05, 0) is 31.2 Å². The van der Waals surface area contributed by atoms with Crippen molar-refractivity contribution >= 4 is 21.9 Å². The van der Waals surface area contributed by atoms with Crippen molar-refractivity contribution in [1.82, 2.24) is 0 Å². The lowest BCUT2D eigenvalue weighted by atomic mass is 10.1. The molecule has 2 rings (SSSR count). The van der Waals surface area contributed by atoms with Gasteiger partial charge in [0, 0.05) is 5.56 Å². The van der Waals surface area contributed by atoms with Crippen LogP contribution in [0.3, 0.4) is 0 Å². The van der Waals surface area contributed by atoms with E-state index in [2.05, 4.69) is 8.92 Å². The van der Waals surface area contributed by atoms with Gasteiger partial charge in [0.25, 0.3) is 0 Å². The molecule has 0 fully saturated rings. The smallest absolute Gasteiger partial charge is 0.338 e. The van der Waals surface area contributed by atoms with Crippen molar-refractivity contribution < 1.29 is 26.5 Å². The SMILES string of the molecule is COC(=O)c1ccc(/C(F)=C/OS(=O)(=O)c2ccc(C)cc2)cc1. The molecule has 0 saturated heterocycles. The number of esters is 1. The van der Waals surface area contributed by atoms with Crippen molar-refractivity contribution in [3.63, 3.8) is 0 Å². The normalized spacial score (nSPS) is 11.9. The molecule has 0 aliphatic rings. The van der Waals surface area contributed by atoms with Gasteiger partial charge in [-0.2, -0.15) is 8.42 Å². The summed E-state index contributed by atoms with van der Waals surface area (Å²) in [4.78, 5) is 11.2. The van der Waals surface area contributed by atoms with Crippen LogP contribution >= 0.6 is 0 Å². The zero-order valence-corrected chi connectivity index (χ0v) is 13.8. The lowest BCUT2D eigenvalue weighted by Gasteiger charge is -2.05. The Balaban J connectivity index is 2.16. The molecule has 24 heavy (non-hydrogen) atoms. The Hall–Kier alpha value is -2.67. The van der Waals surface area contributed by atoms with E-state index in [4.69, 9.17) is 0 Å². The molecular formula is C17H15FO5S. The van der Waals surface area contributed by atoms with E-state index in [-0.39, 0.29) is 16.0 Å². The lowest BCUT2D eigenvalue weighted by Crippen LogP contribution is -2.02. The molecule has 0 radical (unpaired) electrons.